The van der Waals surface area contributed by atoms with Crippen LogP contribution in [0.4, 0.5) is 0 Å². The summed E-state index contributed by atoms with van der Waals surface area (Å²) >= 11 is 0. The Hall–Kier alpha value is -1.85. The van der Waals surface area contributed by atoms with E-state index in [1.54, 1.807) is 7.11 Å². The predicted octanol–water partition coefficient (Wildman–Crippen LogP) is 3.18. The summed E-state index contributed by atoms with van der Waals surface area (Å²) in [4.78, 5) is 0. The summed E-state index contributed by atoms with van der Waals surface area (Å²) in [7, 11) is -1.86. The van der Waals surface area contributed by atoms with Gasteiger partial charge in [-0.3, -0.25) is 0 Å². The highest BCUT2D eigenvalue weighted by Gasteiger charge is 2.19. The highest BCUT2D eigenvalue weighted by atomic mass is 32.2. The second-order valence-electron chi connectivity index (χ2n) is 5.27. The zero-order chi connectivity index (χ0) is 16.2. The van der Waals surface area contributed by atoms with Gasteiger partial charge in [-0.15, -0.1) is 0 Å². The Labute approximate surface area is 132 Å². The molecule has 1 atom stereocenters. The van der Waals surface area contributed by atoms with E-state index in [1.165, 1.54) is 0 Å². The first-order valence-electron chi connectivity index (χ1n) is 7.10. The quantitative estimate of drug-likeness (QED) is 0.889. The molecule has 5 heteroatoms. The van der Waals surface area contributed by atoms with E-state index in [0.717, 1.165) is 16.7 Å². The molecule has 0 saturated carbocycles. The third-order valence-corrected chi connectivity index (χ3v) is 4.97. The van der Waals surface area contributed by atoms with Crippen LogP contribution in [0.25, 0.3) is 0 Å². The van der Waals surface area contributed by atoms with Gasteiger partial charge in [-0.25, -0.2) is 13.1 Å². The molecular formula is C17H21NO3S. The highest BCUT2D eigenvalue weighted by Crippen LogP contribution is 2.25. The first-order valence-corrected chi connectivity index (χ1v) is 8.75. The summed E-state index contributed by atoms with van der Waals surface area (Å²) in [6.07, 6.45) is 0. The van der Waals surface area contributed by atoms with Gasteiger partial charge in [0.25, 0.3) is 0 Å². The smallest absolute Gasteiger partial charge is 0.216 e. The van der Waals surface area contributed by atoms with E-state index in [0.29, 0.717) is 5.75 Å². The van der Waals surface area contributed by atoms with Crippen LogP contribution in [0, 0.1) is 6.92 Å². The molecule has 0 fully saturated rings. The molecule has 4 nitrogen and oxygen atoms in total. The minimum atomic E-state index is -3.44. The molecule has 0 unspecified atom stereocenters. The molecule has 0 amide bonds. The fourth-order valence-electron chi connectivity index (χ4n) is 2.38. The van der Waals surface area contributed by atoms with E-state index < -0.39 is 10.0 Å². The van der Waals surface area contributed by atoms with Crippen LogP contribution in [0.2, 0.25) is 0 Å². The lowest BCUT2D eigenvalue weighted by Crippen LogP contribution is -2.28. The fourth-order valence-corrected chi connectivity index (χ4v) is 3.86. The average molecular weight is 319 g/mol. The lowest BCUT2D eigenvalue weighted by atomic mass is 10.1. The van der Waals surface area contributed by atoms with Crippen molar-refractivity contribution in [3.05, 3.63) is 65.2 Å². The van der Waals surface area contributed by atoms with Gasteiger partial charge in [0.15, 0.2) is 0 Å². The number of benzene rings is 2. The Morgan fingerprint density at radius 2 is 1.73 bits per heavy atom. The van der Waals surface area contributed by atoms with Crippen molar-refractivity contribution in [1.82, 2.24) is 4.72 Å². The molecule has 0 aliphatic heterocycles. The van der Waals surface area contributed by atoms with Crippen molar-refractivity contribution in [3.8, 4) is 5.75 Å². The Bertz CT molecular complexity index is 741. The van der Waals surface area contributed by atoms with E-state index in [4.69, 9.17) is 4.74 Å². The van der Waals surface area contributed by atoms with Crippen LogP contribution in [0.3, 0.4) is 0 Å². The first kappa shape index (κ1) is 16.5. The van der Waals surface area contributed by atoms with Gasteiger partial charge in [0.1, 0.15) is 5.75 Å². The van der Waals surface area contributed by atoms with E-state index in [1.807, 2.05) is 62.4 Å². The summed E-state index contributed by atoms with van der Waals surface area (Å²) in [5, 5.41) is 0. The Morgan fingerprint density at radius 1 is 1.09 bits per heavy atom. The molecule has 2 aromatic carbocycles. The lowest BCUT2D eigenvalue weighted by Gasteiger charge is -2.17. The summed E-state index contributed by atoms with van der Waals surface area (Å²) in [5.74, 6) is 0.646. The fraction of sp³-hybridized carbons (Fsp3) is 0.294. The van der Waals surface area contributed by atoms with Crippen molar-refractivity contribution in [2.24, 2.45) is 0 Å². The SMILES string of the molecule is COc1ccccc1[C@@H](C)NS(=O)(=O)Cc1ccccc1C. The number of methoxy groups -OCH3 is 1. The van der Waals surface area contributed by atoms with Crippen molar-refractivity contribution < 1.29 is 13.2 Å². The maximum absolute atomic E-state index is 12.4. The Morgan fingerprint density at radius 3 is 2.41 bits per heavy atom. The van der Waals surface area contributed by atoms with Crippen LogP contribution >= 0.6 is 0 Å². The number of ether oxygens (including phenoxy) is 1. The normalized spacial score (nSPS) is 12.9. The molecular weight excluding hydrogens is 298 g/mol. The highest BCUT2D eigenvalue weighted by molar-refractivity contribution is 7.88. The van der Waals surface area contributed by atoms with E-state index in [-0.39, 0.29) is 11.8 Å². The van der Waals surface area contributed by atoms with Gasteiger partial charge < -0.3 is 4.74 Å². The zero-order valence-corrected chi connectivity index (χ0v) is 13.9. The third kappa shape index (κ3) is 4.08. The maximum Gasteiger partial charge on any atom is 0.216 e. The van der Waals surface area contributed by atoms with Gasteiger partial charge >= 0.3 is 0 Å². The molecule has 0 aliphatic carbocycles. The van der Waals surface area contributed by atoms with E-state index >= 15 is 0 Å². The standard InChI is InChI=1S/C17H21NO3S/c1-13-8-4-5-9-15(13)12-22(19,20)18-14(2)16-10-6-7-11-17(16)21-3/h4-11,14,18H,12H2,1-3H3/t14-/m1/s1. The predicted molar refractivity (Wildman–Crippen MR) is 88.3 cm³/mol. The Balaban J connectivity index is 2.16. The minimum Gasteiger partial charge on any atom is -0.496 e. The van der Waals surface area contributed by atoms with Crippen molar-refractivity contribution in [1.29, 1.82) is 0 Å². The van der Waals surface area contributed by atoms with Crippen LogP contribution in [0.15, 0.2) is 48.5 Å². The Kier molecular flexibility index (Phi) is 5.21. The van der Waals surface area contributed by atoms with Crippen molar-refractivity contribution in [3.63, 3.8) is 0 Å². The lowest BCUT2D eigenvalue weighted by molar-refractivity contribution is 0.405. The first-order chi connectivity index (χ1) is 10.4. The van der Waals surface area contributed by atoms with Crippen molar-refractivity contribution in [2.75, 3.05) is 7.11 Å². The van der Waals surface area contributed by atoms with Gasteiger partial charge in [0.05, 0.1) is 12.9 Å². The summed E-state index contributed by atoms with van der Waals surface area (Å²) in [6.45, 7) is 3.72. The zero-order valence-electron chi connectivity index (χ0n) is 13.0. The number of hydrogen-bond acceptors (Lipinski definition) is 3. The molecule has 0 bridgehead atoms. The van der Waals surface area contributed by atoms with Crippen LogP contribution in [-0.2, 0) is 15.8 Å². The second-order valence-corrected chi connectivity index (χ2v) is 7.02. The monoisotopic (exact) mass is 319 g/mol. The van der Waals surface area contributed by atoms with Gasteiger partial charge in [-0.05, 0) is 31.0 Å². The molecule has 0 aromatic heterocycles. The summed E-state index contributed by atoms with van der Waals surface area (Å²) < 4.78 is 32.8. The topological polar surface area (TPSA) is 55.4 Å². The molecule has 1 N–H and O–H groups in total. The average Bonchev–Trinajstić information content (AvgIpc) is 2.49. The van der Waals surface area contributed by atoms with Crippen molar-refractivity contribution in [2.45, 2.75) is 25.6 Å². The largest absolute Gasteiger partial charge is 0.496 e. The van der Waals surface area contributed by atoms with E-state index in [9.17, 15) is 8.42 Å². The number of aryl methyl sites for hydroxylation is 1. The van der Waals surface area contributed by atoms with Gasteiger partial charge in [0.2, 0.25) is 10.0 Å². The molecule has 0 radical (unpaired) electrons. The van der Waals surface area contributed by atoms with Crippen molar-refractivity contribution >= 4 is 10.0 Å². The molecule has 2 aromatic rings. The number of hydrogen-bond donors (Lipinski definition) is 1. The van der Waals surface area contributed by atoms with Crippen LogP contribution in [0.1, 0.15) is 29.7 Å². The molecule has 0 heterocycles. The second kappa shape index (κ2) is 6.94. The molecule has 22 heavy (non-hydrogen) atoms. The molecule has 2 rings (SSSR count). The molecule has 0 saturated heterocycles. The van der Waals surface area contributed by atoms with Gasteiger partial charge in [0, 0.05) is 11.6 Å². The van der Waals surface area contributed by atoms with Gasteiger partial charge in [-0.1, -0.05) is 42.5 Å². The van der Waals surface area contributed by atoms with Crippen LogP contribution in [-0.4, -0.2) is 15.5 Å². The number of nitrogens with one attached hydrogen (secondary N) is 1. The maximum atomic E-state index is 12.4. The minimum absolute atomic E-state index is 0.0286. The summed E-state index contributed by atoms with van der Waals surface area (Å²) in [5.41, 5.74) is 2.60. The van der Waals surface area contributed by atoms with E-state index in [2.05, 4.69) is 4.72 Å². The third-order valence-electron chi connectivity index (χ3n) is 3.57. The number of para-hydroxylation sites is 1. The summed E-state index contributed by atoms with van der Waals surface area (Å²) in [6, 6.07) is 14.5. The van der Waals surface area contributed by atoms with Crippen LogP contribution in [0.5, 0.6) is 5.75 Å². The number of sulfonamides is 1. The molecule has 0 aliphatic rings. The molecule has 0 spiro atoms. The van der Waals surface area contributed by atoms with Gasteiger partial charge in [-0.2, -0.15) is 0 Å². The number of rotatable bonds is 6. The van der Waals surface area contributed by atoms with Crippen LogP contribution < -0.4 is 9.46 Å². The molecule has 118 valence electrons.